The Morgan fingerprint density at radius 2 is 2.12 bits per heavy atom. The molecule has 1 unspecified atom stereocenters. The van der Waals surface area contributed by atoms with Crippen molar-refractivity contribution in [2.45, 2.75) is 0 Å². The first-order chi connectivity index (χ1) is 7.81. The van der Waals surface area contributed by atoms with Crippen LogP contribution in [-0.4, -0.2) is 10.8 Å². The molecule has 0 amide bonds. The first-order valence-electron chi connectivity index (χ1n) is 4.37. The molecule has 0 N–H and O–H groups in total. The lowest BCUT2D eigenvalue weighted by Crippen LogP contribution is -1.98. The van der Waals surface area contributed by atoms with Gasteiger partial charge in [0.15, 0.2) is 12.2 Å². The summed E-state index contributed by atoms with van der Waals surface area (Å²) >= 11 is 2.14. The quantitative estimate of drug-likeness (QED) is 0.484. The molecule has 0 aliphatic heterocycles. The van der Waals surface area contributed by atoms with Gasteiger partial charge in [0, 0.05) is 5.56 Å². The number of aromatic nitrogens is 1. The summed E-state index contributed by atoms with van der Waals surface area (Å²) in [6, 6.07) is 6.93. The summed E-state index contributed by atoms with van der Waals surface area (Å²) in [5.41, 5.74) is 0.556. The molecule has 0 fully saturated rings. The van der Waals surface area contributed by atoms with E-state index in [2.05, 4.69) is 27.0 Å². The summed E-state index contributed by atoms with van der Waals surface area (Å²) in [5, 5.41) is 0. The van der Waals surface area contributed by atoms with Gasteiger partial charge in [-0.1, -0.05) is 0 Å². The Morgan fingerprint density at radius 3 is 2.69 bits per heavy atom. The normalized spacial score (nSPS) is 10.8. The number of oxazole rings is 1. The largest absolute Gasteiger partial charge is 0.467 e. The highest BCUT2D eigenvalue weighted by molar-refractivity contribution is 14.2. The second-order valence-electron chi connectivity index (χ2n) is 2.90. The van der Waals surface area contributed by atoms with Gasteiger partial charge in [0.05, 0.1) is 6.20 Å². The van der Waals surface area contributed by atoms with E-state index in [4.69, 9.17) is 8.94 Å². The van der Waals surface area contributed by atoms with Crippen LogP contribution < -0.4 is 4.52 Å². The van der Waals surface area contributed by atoms with Crippen molar-refractivity contribution < 1.29 is 13.7 Å². The summed E-state index contributed by atoms with van der Waals surface area (Å²) in [7, 11) is 0. The van der Waals surface area contributed by atoms with E-state index in [1.165, 1.54) is 12.6 Å². The molecule has 0 spiro atoms. The lowest BCUT2D eigenvalue weighted by Gasteiger charge is -2.01. The number of ketones is 1. The molecule has 2 rings (SSSR count). The van der Waals surface area contributed by atoms with Crippen LogP contribution in [0, 0.1) is 0 Å². The first-order valence-corrected chi connectivity index (χ1v) is 8.39. The van der Waals surface area contributed by atoms with Crippen LogP contribution in [0.4, 0.5) is 0 Å². The number of nitrogens with zero attached hydrogens (tertiary/aromatic N) is 1. The lowest BCUT2D eigenvalue weighted by molar-refractivity contribution is 0.101. The van der Waals surface area contributed by atoms with Crippen LogP contribution in [-0.2, 0) is 0 Å². The van der Waals surface area contributed by atoms with Gasteiger partial charge in [-0.25, -0.2) is 4.98 Å². The number of halogens is 1. The molecule has 4 nitrogen and oxygen atoms in total. The Balaban J connectivity index is 2.19. The van der Waals surface area contributed by atoms with Crippen LogP contribution in [0.2, 0.25) is 0 Å². The van der Waals surface area contributed by atoms with E-state index in [1.54, 1.807) is 24.3 Å². The van der Waals surface area contributed by atoms with Crippen molar-refractivity contribution in [1.29, 1.82) is 0 Å². The Kier molecular flexibility index (Phi) is 3.90. The Bertz CT molecular complexity index is 469. The molecule has 1 atom stereocenters. The minimum Gasteiger partial charge on any atom is -0.467 e. The van der Waals surface area contributed by atoms with Crippen LogP contribution in [0.1, 0.15) is 16.1 Å². The molecule has 2 aromatic rings. The third kappa shape index (κ3) is 2.59. The number of hydrogen-bond donors (Lipinski definition) is 0. The SMILES string of the molecule is O=C(c1ccc(OPI)cc1)c1cnco1. The minimum absolute atomic E-state index is 0.180. The predicted octanol–water partition coefficient (Wildman–Crippen LogP) is 3.23. The number of carbonyl (C=O) groups is 1. The molecule has 1 aromatic heterocycles. The summed E-state index contributed by atoms with van der Waals surface area (Å²) in [6.07, 6.45) is 2.64. The lowest BCUT2D eigenvalue weighted by atomic mass is 10.1. The molecule has 0 aliphatic rings. The van der Waals surface area contributed by atoms with Crippen LogP contribution >= 0.6 is 28.5 Å². The van der Waals surface area contributed by atoms with Gasteiger partial charge in [0.2, 0.25) is 5.78 Å². The smallest absolute Gasteiger partial charge is 0.229 e. The fraction of sp³-hybridized carbons (Fsp3) is 0. The third-order valence-electron chi connectivity index (χ3n) is 1.93. The summed E-state index contributed by atoms with van der Waals surface area (Å²) in [6.45, 7) is 0.361. The summed E-state index contributed by atoms with van der Waals surface area (Å²) in [4.78, 5) is 15.5. The number of benzene rings is 1. The van der Waals surface area contributed by atoms with E-state index in [-0.39, 0.29) is 11.5 Å². The van der Waals surface area contributed by atoms with E-state index in [9.17, 15) is 4.79 Å². The van der Waals surface area contributed by atoms with Gasteiger partial charge in [-0.2, -0.15) is 0 Å². The molecule has 0 radical (unpaired) electrons. The summed E-state index contributed by atoms with van der Waals surface area (Å²) in [5.74, 6) is 0.812. The molecule has 16 heavy (non-hydrogen) atoms. The highest BCUT2D eigenvalue weighted by Crippen LogP contribution is 2.26. The first kappa shape index (κ1) is 11.5. The van der Waals surface area contributed by atoms with E-state index in [0.717, 1.165) is 5.75 Å². The Hall–Kier alpha value is -0.940. The van der Waals surface area contributed by atoms with Gasteiger partial charge >= 0.3 is 0 Å². The maximum Gasteiger partial charge on any atom is 0.229 e. The zero-order valence-electron chi connectivity index (χ0n) is 8.01. The fourth-order valence-corrected chi connectivity index (χ4v) is 2.18. The van der Waals surface area contributed by atoms with Crippen LogP contribution in [0.3, 0.4) is 0 Å². The molecule has 82 valence electrons. The molecule has 6 heteroatoms. The zero-order chi connectivity index (χ0) is 11.4. The number of rotatable bonds is 4. The van der Waals surface area contributed by atoms with Crippen molar-refractivity contribution in [2.24, 2.45) is 0 Å². The maximum atomic E-state index is 11.8. The van der Waals surface area contributed by atoms with Crippen LogP contribution in [0.5, 0.6) is 5.75 Å². The van der Waals surface area contributed by atoms with Crippen LogP contribution in [0.15, 0.2) is 41.3 Å². The fourth-order valence-electron chi connectivity index (χ4n) is 1.19. The average Bonchev–Trinajstić information content (AvgIpc) is 2.83. The van der Waals surface area contributed by atoms with Gasteiger partial charge in [-0.15, -0.1) is 0 Å². The van der Waals surface area contributed by atoms with Gasteiger partial charge < -0.3 is 8.94 Å². The zero-order valence-corrected chi connectivity index (χ0v) is 11.2. The number of hydrogen-bond acceptors (Lipinski definition) is 4. The van der Waals surface area contributed by atoms with Crippen LogP contribution in [0.25, 0.3) is 0 Å². The molecule has 0 aliphatic carbocycles. The monoisotopic (exact) mass is 347 g/mol. The van der Waals surface area contributed by atoms with E-state index >= 15 is 0 Å². The van der Waals surface area contributed by atoms with Gasteiger partial charge in [-0.05, 0) is 46.3 Å². The standard InChI is InChI=1S/C10H7INO3P/c11-16-15-8-3-1-7(2-4-8)10(13)9-5-12-6-14-9/h1-6,16H. The second kappa shape index (κ2) is 5.41. The van der Waals surface area contributed by atoms with Gasteiger partial charge in [-0.3, -0.25) is 4.79 Å². The molecule has 0 bridgehead atoms. The Morgan fingerprint density at radius 1 is 1.38 bits per heavy atom. The second-order valence-corrected chi connectivity index (χ2v) is 4.58. The van der Waals surface area contributed by atoms with E-state index in [1.807, 2.05) is 0 Å². The van der Waals surface area contributed by atoms with Crippen molar-refractivity contribution in [3.8, 4) is 5.75 Å². The van der Waals surface area contributed by atoms with Crippen molar-refractivity contribution in [1.82, 2.24) is 4.98 Å². The van der Waals surface area contributed by atoms with Crippen molar-refractivity contribution >= 4 is 34.3 Å². The van der Waals surface area contributed by atoms with Crippen molar-refractivity contribution in [3.05, 3.63) is 48.2 Å². The highest BCUT2D eigenvalue weighted by atomic mass is 127. The molecular formula is C10H7INO3P. The molecular weight excluding hydrogens is 340 g/mol. The topological polar surface area (TPSA) is 52.3 Å². The molecule has 0 saturated heterocycles. The average molecular weight is 347 g/mol. The van der Waals surface area contributed by atoms with E-state index < -0.39 is 0 Å². The third-order valence-corrected chi connectivity index (χ3v) is 2.90. The molecule has 1 heterocycles. The number of carbonyl (C=O) groups excluding carboxylic acids is 1. The maximum absolute atomic E-state index is 11.8. The van der Waals surface area contributed by atoms with E-state index in [0.29, 0.717) is 12.0 Å². The van der Waals surface area contributed by atoms with Gasteiger partial charge in [0.1, 0.15) is 12.2 Å². The van der Waals surface area contributed by atoms with Crippen molar-refractivity contribution in [2.75, 3.05) is 0 Å². The predicted molar refractivity (Wildman–Crippen MR) is 69.3 cm³/mol. The van der Waals surface area contributed by atoms with Crippen molar-refractivity contribution in [3.63, 3.8) is 0 Å². The molecule has 0 saturated carbocycles. The minimum atomic E-state index is -0.180. The highest BCUT2D eigenvalue weighted by Gasteiger charge is 2.11. The molecule has 1 aromatic carbocycles. The van der Waals surface area contributed by atoms with Gasteiger partial charge in [0.25, 0.3) is 0 Å². The summed E-state index contributed by atoms with van der Waals surface area (Å²) < 4.78 is 10.2. The Labute approximate surface area is 107 Å².